The van der Waals surface area contributed by atoms with Gasteiger partial charge < -0.3 is 15.2 Å². The van der Waals surface area contributed by atoms with Crippen LogP contribution in [0.4, 0.5) is 11.4 Å². The first-order chi connectivity index (χ1) is 11.8. The Morgan fingerprint density at radius 1 is 1.20 bits per heavy atom. The van der Waals surface area contributed by atoms with Crippen LogP contribution in [0, 0.1) is 5.21 Å². The maximum atomic E-state index is 12.8. The van der Waals surface area contributed by atoms with E-state index in [9.17, 15) is 18.4 Å². The fraction of sp³-hybridized carbons (Fsp3) is 0.375. The van der Waals surface area contributed by atoms with E-state index >= 15 is 0 Å². The van der Waals surface area contributed by atoms with Crippen molar-refractivity contribution in [2.45, 2.75) is 30.2 Å². The summed E-state index contributed by atoms with van der Waals surface area (Å²) in [6, 6.07) is 6.41. The zero-order chi connectivity index (χ0) is 18.2. The lowest BCUT2D eigenvalue weighted by Gasteiger charge is -2.40. The van der Waals surface area contributed by atoms with Crippen LogP contribution >= 0.6 is 0 Å². The van der Waals surface area contributed by atoms with Gasteiger partial charge in [-0.25, -0.2) is 13.1 Å². The molecule has 0 saturated carbocycles. The van der Waals surface area contributed by atoms with Crippen LogP contribution < -0.4 is 10.9 Å². The Morgan fingerprint density at radius 2 is 1.88 bits per heavy atom. The van der Waals surface area contributed by atoms with Crippen LogP contribution in [0.1, 0.15) is 13.8 Å². The quantitative estimate of drug-likeness (QED) is 0.543. The van der Waals surface area contributed by atoms with Gasteiger partial charge in [-0.15, -0.1) is 0 Å². The molecule has 0 radical (unpaired) electrons. The molecular formula is C16H20N4O4S. The van der Waals surface area contributed by atoms with Crippen LogP contribution in [0.5, 0.6) is 0 Å². The third kappa shape index (κ3) is 2.94. The van der Waals surface area contributed by atoms with Gasteiger partial charge in [-0.1, -0.05) is 12.1 Å². The molecule has 134 valence electrons. The molecule has 0 spiro atoms. The lowest BCUT2D eigenvalue weighted by Crippen LogP contribution is -2.45. The number of nitrogens with zero attached hydrogens (tertiary/aromatic N) is 3. The molecule has 0 fully saturated rings. The van der Waals surface area contributed by atoms with Crippen LogP contribution in [0.15, 0.2) is 45.0 Å². The molecule has 0 bridgehead atoms. The molecule has 25 heavy (non-hydrogen) atoms. The monoisotopic (exact) mass is 364 g/mol. The molecule has 0 unspecified atom stereocenters. The van der Waals surface area contributed by atoms with Crippen LogP contribution in [0.25, 0.3) is 0 Å². The molecule has 8 nitrogen and oxygen atoms in total. The number of hydrogen-bond acceptors (Lipinski definition) is 6. The van der Waals surface area contributed by atoms with Crippen LogP contribution in [0.2, 0.25) is 0 Å². The van der Waals surface area contributed by atoms with E-state index in [1.807, 2.05) is 0 Å². The third-order valence-corrected chi connectivity index (χ3v) is 6.45. The van der Waals surface area contributed by atoms with Crippen molar-refractivity contribution in [3.05, 3.63) is 46.0 Å². The summed E-state index contributed by atoms with van der Waals surface area (Å²) in [5.41, 5.74) is -0.131. The standard InChI is InChI=1S/C16H20N4O4S/c1-3-20(22,4-2)10-9-19-16(21)15-13(11-17-19)18-12-7-5-6-8-14(12)25(15,23)24/h5-8,11,18H,3-4,9-10H2,1-2H3. The molecule has 1 aromatic carbocycles. The molecule has 2 aromatic rings. The summed E-state index contributed by atoms with van der Waals surface area (Å²) in [7, 11) is -3.94. The normalized spacial score (nSPS) is 15.2. The Kier molecular flexibility index (Phi) is 4.40. The van der Waals surface area contributed by atoms with Gasteiger partial charge in [0, 0.05) is 0 Å². The average molecular weight is 364 g/mol. The first-order valence-electron chi connectivity index (χ1n) is 8.11. The van der Waals surface area contributed by atoms with Gasteiger partial charge in [0.2, 0.25) is 9.84 Å². The van der Waals surface area contributed by atoms with Gasteiger partial charge in [-0.05, 0) is 26.0 Å². The SMILES string of the molecule is CC[N+]([O-])(CC)CCn1ncc2c(c1=O)S(=O)(=O)c1ccccc1N2. The molecule has 1 aliphatic heterocycles. The summed E-state index contributed by atoms with van der Waals surface area (Å²) in [4.78, 5) is 12.4. The number of hydroxylamine groups is 3. The van der Waals surface area contributed by atoms with E-state index in [2.05, 4.69) is 10.4 Å². The van der Waals surface area contributed by atoms with Gasteiger partial charge in [0.25, 0.3) is 5.56 Å². The first-order valence-corrected chi connectivity index (χ1v) is 9.59. The topological polar surface area (TPSA) is 104 Å². The zero-order valence-corrected chi connectivity index (χ0v) is 14.9. The highest BCUT2D eigenvalue weighted by Crippen LogP contribution is 2.36. The van der Waals surface area contributed by atoms with Crippen molar-refractivity contribution in [1.29, 1.82) is 0 Å². The largest absolute Gasteiger partial charge is 0.633 e. The molecule has 1 aromatic heterocycles. The van der Waals surface area contributed by atoms with Gasteiger partial charge in [0.15, 0.2) is 4.90 Å². The molecule has 0 saturated heterocycles. The molecule has 1 N–H and O–H groups in total. The van der Waals surface area contributed by atoms with Gasteiger partial charge in [-0.3, -0.25) is 4.79 Å². The second kappa shape index (κ2) is 6.25. The van der Waals surface area contributed by atoms with Crippen molar-refractivity contribution in [2.75, 3.05) is 25.0 Å². The Bertz CT molecular complexity index is 964. The summed E-state index contributed by atoms with van der Waals surface area (Å²) >= 11 is 0. The minimum atomic E-state index is -3.94. The fourth-order valence-electron chi connectivity index (χ4n) is 2.86. The molecule has 0 atom stereocenters. The zero-order valence-electron chi connectivity index (χ0n) is 14.1. The van der Waals surface area contributed by atoms with Gasteiger partial charge in [0.05, 0.1) is 48.6 Å². The van der Waals surface area contributed by atoms with E-state index in [-0.39, 0.29) is 28.6 Å². The van der Waals surface area contributed by atoms with Crippen LogP contribution in [0.3, 0.4) is 0 Å². The van der Waals surface area contributed by atoms with E-state index < -0.39 is 20.0 Å². The fourth-order valence-corrected chi connectivity index (χ4v) is 4.47. The predicted octanol–water partition coefficient (Wildman–Crippen LogP) is 1.49. The number of sulfone groups is 1. The number of fused-ring (bicyclic) bond motifs is 2. The summed E-state index contributed by atoms with van der Waals surface area (Å²) in [5, 5.41) is 19.3. The van der Waals surface area contributed by atoms with Crippen molar-refractivity contribution in [1.82, 2.24) is 9.78 Å². The lowest BCUT2D eigenvalue weighted by atomic mass is 10.3. The maximum Gasteiger partial charge on any atom is 0.288 e. The van der Waals surface area contributed by atoms with Crippen molar-refractivity contribution >= 4 is 21.2 Å². The summed E-state index contributed by atoms with van der Waals surface area (Å²) < 4.78 is 26.3. The van der Waals surface area contributed by atoms with Gasteiger partial charge in [0.1, 0.15) is 0 Å². The van der Waals surface area contributed by atoms with Crippen molar-refractivity contribution in [3.63, 3.8) is 0 Å². The number of nitrogens with one attached hydrogen (secondary N) is 1. The number of para-hydroxylation sites is 1. The summed E-state index contributed by atoms with van der Waals surface area (Å²) in [6.45, 7) is 4.54. The molecule has 3 rings (SSSR count). The number of anilines is 2. The highest BCUT2D eigenvalue weighted by molar-refractivity contribution is 7.92. The Balaban J connectivity index is 2.03. The predicted molar refractivity (Wildman–Crippen MR) is 93.2 cm³/mol. The number of rotatable bonds is 5. The summed E-state index contributed by atoms with van der Waals surface area (Å²) in [5.74, 6) is 0. The van der Waals surface area contributed by atoms with Crippen molar-refractivity contribution in [3.8, 4) is 0 Å². The number of likely N-dealkylation sites (N-methyl/N-ethyl adjacent to an activating group) is 1. The van der Waals surface area contributed by atoms with Gasteiger partial charge in [-0.2, -0.15) is 5.10 Å². The molecular weight excluding hydrogens is 344 g/mol. The Morgan fingerprint density at radius 3 is 2.56 bits per heavy atom. The Hall–Kier alpha value is -2.23. The highest BCUT2D eigenvalue weighted by Gasteiger charge is 2.33. The van der Waals surface area contributed by atoms with E-state index in [0.29, 0.717) is 18.8 Å². The molecule has 2 heterocycles. The molecule has 0 amide bonds. The van der Waals surface area contributed by atoms with Crippen molar-refractivity contribution < 1.29 is 13.1 Å². The van der Waals surface area contributed by atoms with E-state index in [4.69, 9.17) is 0 Å². The minimum Gasteiger partial charge on any atom is -0.633 e. The van der Waals surface area contributed by atoms with Crippen molar-refractivity contribution in [2.24, 2.45) is 0 Å². The Labute approximate surface area is 145 Å². The second-order valence-electron chi connectivity index (χ2n) is 5.95. The van der Waals surface area contributed by atoms with E-state index in [0.717, 1.165) is 4.68 Å². The highest BCUT2D eigenvalue weighted by atomic mass is 32.2. The van der Waals surface area contributed by atoms with E-state index in [1.165, 1.54) is 12.3 Å². The molecule has 1 aliphatic rings. The van der Waals surface area contributed by atoms with E-state index in [1.54, 1.807) is 32.0 Å². The minimum absolute atomic E-state index is 0.0634. The average Bonchev–Trinajstić information content (AvgIpc) is 2.60. The molecule has 9 heteroatoms. The number of aromatic nitrogens is 2. The smallest absolute Gasteiger partial charge is 0.288 e. The number of hydrogen-bond donors (Lipinski definition) is 1. The second-order valence-corrected chi connectivity index (χ2v) is 7.81. The number of benzene rings is 1. The van der Waals surface area contributed by atoms with Crippen LogP contribution in [-0.4, -0.2) is 42.5 Å². The lowest BCUT2D eigenvalue weighted by molar-refractivity contribution is -0.877. The maximum absolute atomic E-state index is 12.8. The molecule has 0 aliphatic carbocycles. The number of quaternary nitrogens is 1. The third-order valence-electron chi connectivity index (χ3n) is 4.59. The summed E-state index contributed by atoms with van der Waals surface area (Å²) in [6.07, 6.45) is 1.32. The van der Waals surface area contributed by atoms with Gasteiger partial charge >= 0.3 is 0 Å². The van der Waals surface area contributed by atoms with Crippen LogP contribution in [-0.2, 0) is 16.4 Å². The first kappa shape index (κ1) is 17.6.